The molecular formula is C11H11ClN2OS. The third kappa shape index (κ3) is 1.99. The second-order valence-electron chi connectivity index (χ2n) is 3.38. The molecular weight excluding hydrogens is 244 g/mol. The fourth-order valence-electron chi connectivity index (χ4n) is 1.57. The molecule has 1 aromatic heterocycles. The van der Waals surface area contributed by atoms with Crippen LogP contribution in [0, 0.1) is 6.92 Å². The first kappa shape index (κ1) is 11.2. The lowest BCUT2D eigenvalue weighted by Gasteiger charge is -2.09. The molecule has 0 bridgehead atoms. The number of ether oxygens (including phenoxy) is 1. The van der Waals surface area contributed by atoms with Gasteiger partial charge in [0.05, 0.1) is 12.7 Å². The Morgan fingerprint density at radius 3 is 2.75 bits per heavy atom. The molecule has 1 heterocycles. The van der Waals surface area contributed by atoms with Crippen molar-refractivity contribution in [2.75, 3.05) is 12.8 Å². The summed E-state index contributed by atoms with van der Waals surface area (Å²) in [6.45, 7) is 1.95. The van der Waals surface area contributed by atoms with Crippen molar-refractivity contribution in [1.82, 2.24) is 4.98 Å². The van der Waals surface area contributed by atoms with Gasteiger partial charge in [-0.1, -0.05) is 11.6 Å². The molecule has 0 aliphatic rings. The standard InChI is InChI=1S/C11H11ClN2OS/c1-6-3-7(12)4-8(10(6)15-2)11-14-9(13)5-16-11/h3-5H,13H2,1-2H3. The average Bonchev–Trinajstić information content (AvgIpc) is 2.63. The third-order valence-corrected chi connectivity index (χ3v) is 3.31. The van der Waals surface area contributed by atoms with Gasteiger partial charge < -0.3 is 10.5 Å². The van der Waals surface area contributed by atoms with Crippen LogP contribution in [0.25, 0.3) is 10.6 Å². The first-order chi connectivity index (χ1) is 7.61. The molecule has 0 saturated heterocycles. The summed E-state index contributed by atoms with van der Waals surface area (Å²) in [6, 6.07) is 3.70. The maximum absolute atomic E-state index is 6.03. The topological polar surface area (TPSA) is 48.1 Å². The van der Waals surface area contributed by atoms with Gasteiger partial charge in [-0.3, -0.25) is 0 Å². The second-order valence-corrected chi connectivity index (χ2v) is 4.68. The summed E-state index contributed by atoms with van der Waals surface area (Å²) in [7, 11) is 1.64. The summed E-state index contributed by atoms with van der Waals surface area (Å²) in [5.41, 5.74) is 7.48. The zero-order valence-electron chi connectivity index (χ0n) is 8.95. The molecule has 84 valence electrons. The van der Waals surface area contributed by atoms with Crippen molar-refractivity contribution >= 4 is 28.8 Å². The van der Waals surface area contributed by atoms with Gasteiger partial charge >= 0.3 is 0 Å². The van der Waals surface area contributed by atoms with Crippen LogP contribution < -0.4 is 10.5 Å². The van der Waals surface area contributed by atoms with Crippen molar-refractivity contribution in [1.29, 1.82) is 0 Å². The molecule has 2 aromatic rings. The lowest BCUT2D eigenvalue weighted by Crippen LogP contribution is -1.92. The molecule has 2 rings (SSSR count). The van der Waals surface area contributed by atoms with Gasteiger partial charge in [0.2, 0.25) is 0 Å². The Morgan fingerprint density at radius 2 is 2.19 bits per heavy atom. The summed E-state index contributed by atoms with van der Waals surface area (Å²) in [5, 5.41) is 3.28. The molecule has 0 aliphatic carbocycles. The Bertz CT molecular complexity index is 525. The smallest absolute Gasteiger partial charge is 0.135 e. The minimum atomic E-state index is 0.514. The van der Waals surface area contributed by atoms with Gasteiger partial charge in [-0.15, -0.1) is 11.3 Å². The Labute approximate surface area is 103 Å². The van der Waals surface area contributed by atoms with Crippen molar-refractivity contribution in [3.05, 3.63) is 28.1 Å². The number of aromatic nitrogens is 1. The second kappa shape index (κ2) is 4.31. The lowest BCUT2D eigenvalue weighted by atomic mass is 10.1. The number of methoxy groups -OCH3 is 1. The van der Waals surface area contributed by atoms with Crippen LogP contribution in [0.4, 0.5) is 5.82 Å². The molecule has 2 N–H and O–H groups in total. The molecule has 1 aromatic carbocycles. The van der Waals surface area contributed by atoms with Gasteiger partial charge in [0, 0.05) is 10.4 Å². The molecule has 0 amide bonds. The molecule has 3 nitrogen and oxygen atoms in total. The van der Waals surface area contributed by atoms with E-state index in [-0.39, 0.29) is 0 Å². The maximum Gasteiger partial charge on any atom is 0.135 e. The van der Waals surface area contributed by atoms with Crippen LogP contribution in [0.15, 0.2) is 17.5 Å². The quantitative estimate of drug-likeness (QED) is 0.894. The van der Waals surface area contributed by atoms with Crippen LogP contribution in [0.3, 0.4) is 0 Å². The number of halogens is 1. The number of nitrogen functional groups attached to an aromatic ring is 1. The zero-order chi connectivity index (χ0) is 11.7. The van der Waals surface area contributed by atoms with E-state index in [2.05, 4.69) is 4.98 Å². The Kier molecular flexibility index (Phi) is 3.03. The number of nitrogens with two attached hydrogens (primary N) is 1. The largest absolute Gasteiger partial charge is 0.496 e. The van der Waals surface area contributed by atoms with E-state index < -0.39 is 0 Å². The fourth-order valence-corrected chi connectivity index (χ4v) is 2.56. The van der Waals surface area contributed by atoms with E-state index >= 15 is 0 Å². The monoisotopic (exact) mass is 254 g/mol. The van der Waals surface area contributed by atoms with Crippen LogP contribution in [-0.4, -0.2) is 12.1 Å². The van der Waals surface area contributed by atoms with Crippen LogP contribution in [-0.2, 0) is 0 Å². The number of hydrogen-bond donors (Lipinski definition) is 1. The van der Waals surface area contributed by atoms with Gasteiger partial charge in [-0.05, 0) is 24.6 Å². The molecule has 0 saturated carbocycles. The summed E-state index contributed by atoms with van der Waals surface area (Å²) >= 11 is 7.50. The van der Waals surface area contributed by atoms with Crippen LogP contribution in [0.2, 0.25) is 5.02 Å². The highest BCUT2D eigenvalue weighted by Gasteiger charge is 2.13. The number of thiazole rings is 1. The number of benzene rings is 1. The summed E-state index contributed by atoms with van der Waals surface area (Å²) in [4.78, 5) is 4.23. The van der Waals surface area contributed by atoms with Gasteiger partial charge in [0.15, 0.2) is 0 Å². The van der Waals surface area contributed by atoms with Gasteiger partial charge in [-0.2, -0.15) is 0 Å². The summed E-state index contributed by atoms with van der Waals surface area (Å²) in [5.74, 6) is 1.30. The fraction of sp³-hybridized carbons (Fsp3) is 0.182. The minimum Gasteiger partial charge on any atom is -0.496 e. The van der Waals surface area contributed by atoms with Crippen LogP contribution in [0.5, 0.6) is 5.75 Å². The Balaban J connectivity index is 2.63. The molecule has 0 unspecified atom stereocenters. The van der Waals surface area contributed by atoms with Crippen molar-refractivity contribution in [2.24, 2.45) is 0 Å². The average molecular weight is 255 g/mol. The predicted octanol–water partition coefficient (Wildman–Crippen LogP) is 3.36. The minimum absolute atomic E-state index is 0.514. The Hall–Kier alpha value is -1.26. The summed E-state index contributed by atoms with van der Waals surface area (Å²) in [6.07, 6.45) is 0. The van der Waals surface area contributed by atoms with Crippen molar-refractivity contribution in [3.63, 3.8) is 0 Å². The van der Waals surface area contributed by atoms with E-state index in [1.54, 1.807) is 12.5 Å². The van der Waals surface area contributed by atoms with Crippen molar-refractivity contribution < 1.29 is 4.74 Å². The molecule has 5 heteroatoms. The van der Waals surface area contributed by atoms with E-state index in [4.69, 9.17) is 22.1 Å². The van der Waals surface area contributed by atoms with E-state index in [1.807, 2.05) is 19.1 Å². The number of aryl methyl sites for hydroxylation is 1. The first-order valence-corrected chi connectivity index (χ1v) is 5.93. The highest BCUT2D eigenvalue weighted by atomic mass is 35.5. The molecule has 0 spiro atoms. The van der Waals surface area contributed by atoms with Gasteiger partial charge in [-0.25, -0.2) is 4.98 Å². The van der Waals surface area contributed by atoms with Crippen LogP contribution in [0.1, 0.15) is 5.56 Å². The van der Waals surface area contributed by atoms with E-state index in [9.17, 15) is 0 Å². The van der Waals surface area contributed by atoms with Crippen molar-refractivity contribution in [2.45, 2.75) is 6.92 Å². The zero-order valence-corrected chi connectivity index (χ0v) is 10.5. The Morgan fingerprint density at radius 1 is 1.44 bits per heavy atom. The van der Waals surface area contributed by atoms with Gasteiger partial charge in [0.1, 0.15) is 16.6 Å². The summed E-state index contributed by atoms with van der Waals surface area (Å²) < 4.78 is 5.36. The molecule has 0 fully saturated rings. The van der Waals surface area contributed by atoms with E-state index in [0.717, 1.165) is 21.9 Å². The maximum atomic E-state index is 6.03. The van der Waals surface area contributed by atoms with E-state index in [0.29, 0.717) is 10.8 Å². The first-order valence-electron chi connectivity index (χ1n) is 4.67. The number of rotatable bonds is 2. The predicted molar refractivity (Wildman–Crippen MR) is 68.3 cm³/mol. The molecule has 16 heavy (non-hydrogen) atoms. The van der Waals surface area contributed by atoms with E-state index in [1.165, 1.54) is 11.3 Å². The highest BCUT2D eigenvalue weighted by molar-refractivity contribution is 7.13. The normalized spacial score (nSPS) is 10.4. The number of nitrogens with zero attached hydrogens (tertiary/aromatic N) is 1. The highest BCUT2D eigenvalue weighted by Crippen LogP contribution is 2.37. The number of hydrogen-bond acceptors (Lipinski definition) is 4. The molecule has 0 radical (unpaired) electrons. The van der Waals surface area contributed by atoms with Crippen LogP contribution >= 0.6 is 22.9 Å². The SMILES string of the molecule is COc1c(C)cc(Cl)cc1-c1nc(N)cs1. The van der Waals surface area contributed by atoms with Crippen molar-refractivity contribution in [3.8, 4) is 16.3 Å². The lowest BCUT2D eigenvalue weighted by molar-refractivity contribution is 0.413. The molecule has 0 atom stereocenters. The third-order valence-electron chi connectivity index (χ3n) is 2.20. The number of anilines is 1. The molecule has 0 aliphatic heterocycles. The van der Waals surface area contributed by atoms with Gasteiger partial charge in [0.25, 0.3) is 0 Å².